The van der Waals surface area contributed by atoms with Crippen LogP contribution in [-0.2, 0) is 9.59 Å². The fraction of sp³-hybridized carbons (Fsp3) is 0.286. The number of benzene rings is 2. The number of hydrogen-bond donors (Lipinski definition) is 2. The average Bonchev–Trinajstić information content (AvgIpc) is 2.70. The van der Waals surface area contributed by atoms with Gasteiger partial charge in [-0.3, -0.25) is 9.59 Å². The molecule has 28 heavy (non-hydrogen) atoms. The molecule has 148 valence electrons. The molecule has 2 aromatic rings. The Morgan fingerprint density at radius 3 is 2.29 bits per heavy atom. The van der Waals surface area contributed by atoms with Crippen molar-refractivity contribution < 1.29 is 9.59 Å². The smallest absolute Gasteiger partial charge is 0.240 e. The topological polar surface area (TPSA) is 73.8 Å². The van der Waals surface area contributed by atoms with Gasteiger partial charge in [-0.15, -0.1) is 0 Å². The molecule has 0 saturated carbocycles. The highest BCUT2D eigenvalue weighted by molar-refractivity contribution is 14.1. The highest BCUT2D eigenvalue weighted by Gasteiger charge is 2.08. The lowest BCUT2D eigenvalue weighted by atomic mass is 10.2. The third-order valence-corrected chi connectivity index (χ3v) is 5.09. The van der Waals surface area contributed by atoms with Crippen molar-refractivity contribution in [3.05, 3.63) is 57.7 Å². The number of anilines is 2. The molecule has 0 spiro atoms. The fourth-order valence-electron chi connectivity index (χ4n) is 2.60. The predicted octanol–water partition coefficient (Wildman–Crippen LogP) is 4.01. The number of hydrazone groups is 1. The number of para-hydroxylation sites is 1. The summed E-state index contributed by atoms with van der Waals surface area (Å²) < 4.78 is 0.953. The van der Waals surface area contributed by atoms with Crippen LogP contribution >= 0.6 is 22.6 Å². The van der Waals surface area contributed by atoms with E-state index in [0.29, 0.717) is 0 Å². The van der Waals surface area contributed by atoms with E-state index in [9.17, 15) is 9.59 Å². The molecule has 6 nitrogen and oxygen atoms in total. The Morgan fingerprint density at radius 1 is 1.00 bits per heavy atom. The zero-order valence-electron chi connectivity index (χ0n) is 16.1. The maximum Gasteiger partial charge on any atom is 0.240 e. The minimum absolute atomic E-state index is 0.0769. The number of halogens is 1. The number of carbonyl (C=O) groups excluding carboxylic acids is 2. The Bertz CT molecular complexity index is 817. The lowest BCUT2D eigenvalue weighted by Crippen LogP contribution is -2.21. The highest BCUT2D eigenvalue weighted by Crippen LogP contribution is 2.17. The first-order valence-electron chi connectivity index (χ1n) is 9.24. The van der Waals surface area contributed by atoms with Crippen molar-refractivity contribution in [2.75, 3.05) is 23.3 Å². The Kier molecular flexibility index (Phi) is 8.93. The van der Waals surface area contributed by atoms with Crippen LogP contribution in [0.2, 0.25) is 0 Å². The van der Waals surface area contributed by atoms with E-state index < -0.39 is 0 Å². The van der Waals surface area contributed by atoms with Crippen LogP contribution in [0.25, 0.3) is 0 Å². The van der Waals surface area contributed by atoms with Crippen LogP contribution in [0.1, 0.15) is 32.3 Å². The van der Waals surface area contributed by atoms with Crippen molar-refractivity contribution in [3.8, 4) is 0 Å². The Hall–Kier alpha value is -2.42. The number of carbonyl (C=O) groups is 2. The first kappa shape index (κ1) is 21.9. The molecule has 2 rings (SSSR count). The number of hydrogen-bond acceptors (Lipinski definition) is 4. The van der Waals surface area contributed by atoms with Crippen LogP contribution in [-0.4, -0.2) is 31.1 Å². The molecule has 0 bridgehead atoms. The fourth-order valence-corrected chi connectivity index (χ4v) is 3.12. The standard InChI is InChI=1S/C21H25IN4O2/c1-3-26(4-2)17-11-9-16(10-12-17)15-23-25-21(28)14-13-20(27)24-19-8-6-5-7-18(19)22/h5-12,15H,3-4,13-14H2,1-2H3,(H,24,27)(H,25,28)/b23-15+. The average molecular weight is 492 g/mol. The summed E-state index contributed by atoms with van der Waals surface area (Å²) in [6.45, 7) is 6.15. The maximum atomic E-state index is 12.0. The summed E-state index contributed by atoms with van der Waals surface area (Å²) in [5.74, 6) is -0.496. The largest absolute Gasteiger partial charge is 0.372 e. The molecule has 2 aromatic carbocycles. The van der Waals surface area contributed by atoms with Crippen LogP contribution in [0.5, 0.6) is 0 Å². The molecule has 0 unspecified atom stereocenters. The molecule has 0 fully saturated rings. The lowest BCUT2D eigenvalue weighted by molar-refractivity contribution is -0.124. The number of amides is 2. The molecule has 0 atom stereocenters. The minimum atomic E-state index is -0.297. The van der Waals surface area contributed by atoms with E-state index in [4.69, 9.17) is 0 Å². The zero-order chi connectivity index (χ0) is 20.4. The molecule has 2 amide bonds. The van der Waals surface area contributed by atoms with Crippen molar-refractivity contribution in [2.24, 2.45) is 5.10 Å². The molecule has 7 heteroatoms. The maximum absolute atomic E-state index is 12.0. The third kappa shape index (κ3) is 6.95. The van der Waals surface area contributed by atoms with E-state index in [1.165, 1.54) is 0 Å². The van der Waals surface area contributed by atoms with Crippen LogP contribution in [0, 0.1) is 3.57 Å². The Balaban J connectivity index is 1.76. The number of nitrogens with zero attached hydrogens (tertiary/aromatic N) is 2. The highest BCUT2D eigenvalue weighted by atomic mass is 127. The second kappa shape index (κ2) is 11.4. The van der Waals surface area contributed by atoms with Gasteiger partial charge in [0.15, 0.2) is 0 Å². The first-order valence-corrected chi connectivity index (χ1v) is 10.3. The van der Waals surface area contributed by atoms with E-state index >= 15 is 0 Å². The normalized spacial score (nSPS) is 10.7. The van der Waals surface area contributed by atoms with Gasteiger partial charge in [-0.05, 0) is 66.3 Å². The summed E-state index contributed by atoms with van der Waals surface area (Å²) in [6.07, 6.45) is 1.77. The molecule has 0 aliphatic heterocycles. The summed E-state index contributed by atoms with van der Waals surface area (Å²) in [7, 11) is 0. The van der Waals surface area contributed by atoms with Gasteiger partial charge in [-0.1, -0.05) is 24.3 Å². The molecular formula is C21H25IN4O2. The van der Waals surface area contributed by atoms with Gasteiger partial charge in [0.2, 0.25) is 11.8 Å². The van der Waals surface area contributed by atoms with Gasteiger partial charge in [-0.2, -0.15) is 5.10 Å². The van der Waals surface area contributed by atoms with Crippen LogP contribution in [0.4, 0.5) is 11.4 Å². The predicted molar refractivity (Wildman–Crippen MR) is 123 cm³/mol. The SMILES string of the molecule is CCN(CC)c1ccc(/C=N/NC(=O)CCC(=O)Nc2ccccc2I)cc1. The van der Waals surface area contributed by atoms with Crippen molar-refractivity contribution in [1.29, 1.82) is 0 Å². The van der Waals surface area contributed by atoms with Crippen molar-refractivity contribution in [3.63, 3.8) is 0 Å². The molecule has 0 aliphatic rings. The summed E-state index contributed by atoms with van der Waals surface area (Å²) in [6, 6.07) is 15.5. The van der Waals surface area contributed by atoms with Gasteiger partial charge in [0.25, 0.3) is 0 Å². The zero-order valence-corrected chi connectivity index (χ0v) is 18.3. The molecular weight excluding hydrogens is 467 g/mol. The second-order valence-electron chi connectivity index (χ2n) is 6.09. The lowest BCUT2D eigenvalue weighted by Gasteiger charge is -2.20. The van der Waals surface area contributed by atoms with Crippen molar-refractivity contribution in [1.82, 2.24) is 5.43 Å². The van der Waals surface area contributed by atoms with Crippen molar-refractivity contribution >= 4 is 52.0 Å². The monoisotopic (exact) mass is 492 g/mol. The third-order valence-electron chi connectivity index (χ3n) is 4.15. The van der Waals surface area contributed by atoms with Crippen molar-refractivity contribution in [2.45, 2.75) is 26.7 Å². The molecule has 0 radical (unpaired) electrons. The molecule has 0 saturated heterocycles. The van der Waals surface area contributed by atoms with E-state index in [0.717, 1.165) is 33.6 Å². The van der Waals surface area contributed by atoms with E-state index in [1.54, 1.807) is 6.21 Å². The molecule has 2 N–H and O–H groups in total. The summed E-state index contributed by atoms with van der Waals surface area (Å²) in [4.78, 5) is 26.1. The molecule has 0 aromatic heterocycles. The molecule has 0 heterocycles. The van der Waals surface area contributed by atoms with Crippen LogP contribution in [0.15, 0.2) is 53.6 Å². The van der Waals surface area contributed by atoms with E-state index in [2.05, 4.69) is 57.2 Å². The van der Waals surface area contributed by atoms with E-state index in [1.807, 2.05) is 48.5 Å². The van der Waals surface area contributed by atoms with Gasteiger partial charge in [0, 0.05) is 35.2 Å². The Morgan fingerprint density at radius 2 is 1.64 bits per heavy atom. The second-order valence-corrected chi connectivity index (χ2v) is 7.25. The summed E-state index contributed by atoms with van der Waals surface area (Å²) in [5, 5.41) is 6.76. The van der Waals surface area contributed by atoms with Gasteiger partial charge < -0.3 is 10.2 Å². The first-order chi connectivity index (χ1) is 13.5. The number of rotatable bonds is 9. The van der Waals surface area contributed by atoms with Crippen LogP contribution < -0.4 is 15.6 Å². The Labute approximate surface area is 179 Å². The summed E-state index contributed by atoms with van der Waals surface area (Å²) in [5.41, 5.74) is 5.26. The summed E-state index contributed by atoms with van der Waals surface area (Å²) >= 11 is 2.15. The van der Waals surface area contributed by atoms with Gasteiger partial charge >= 0.3 is 0 Å². The van der Waals surface area contributed by atoms with Gasteiger partial charge in [0.1, 0.15) is 0 Å². The quantitative estimate of drug-likeness (QED) is 0.316. The van der Waals surface area contributed by atoms with E-state index in [-0.39, 0.29) is 24.7 Å². The minimum Gasteiger partial charge on any atom is -0.372 e. The molecule has 0 aliphatic carbocycles. The van der Waals surface area contributed by atoms with Crippen LogP contribution in [0.3, 0.4) is 0 Å². The van der Waals surface area contributed by atoms with Gasteiger partial charge in [-0.25, -0.2) is 5.43 Å². The van der Waals surface area contributed by atoms with Gasteiger partial charge in [0.05, 0.1) is 11.9 Å². The number of nitrogens with one attached hydrogen (secondary N) is 2.